The van der Waals surface area contributed by atoms with Gasteiger partial charge in [-0.15, -0.1) is 11.6 Å². The second-order valence-electron chi connectivity index (χ2n) is 6.60. The molecule has 0 saturated heterocycles. The molecule has 0 aliphatic carbocycles. The summed E-state index contributed by atoms with van der Waals surface area (Å²) >= 11 is 5.88. The van der Waals surface area contributed by atoms with E-state index in [4.69, 9.17) is 21.1 Å². The van der Waals surface area contributed by atoms with Gasteiger partial charge in [-0.2, -0.15) is 0 Å². The predicted octanol–water partition coefficient (Wildman–Crippen LogP) is 3.98. The normalized spacial score (nSPS) is 19.3. The highest BCUT2D eigenvalue weighted by Crippen LogP contribution is 2.39. The van der Waals surface area contributed by atoms with Crippen LogP contribution in [0, 0.1) is 0 Å². The van der Waals surface area contributed by atoms with Crippen molar-refractivity contribution in [3.63, 3.8) is 0 Å². The van der Waals surface area contributed by atoms with Gasteiger partial charge in [0.15, 0.2) is 0 Å². The molecule has 28 heavy (non-hydrogen) atoms. The van der Waals surface area contributed by atoms with E-state index in [-0.39, 0.29) is 23.9 Å². The Balaban J connectivity index is 2.48. The third-order valence-corrected chi connectivity index (χ3v) is 5.10. The minimum Gasteiger partial charge on any atom is -0.497 e. The van der Waals surface area contributed by atoms with Gasteiger partial charge in [0.25, 0.3) is 0 Å². The fourth-order valence-electron chi connectivity index (χ4n) is 3.50. The average Bonchev–Trinajstić information content (AvgIpc) is 2.71. The molecule has 1 amide bonds. The first-order valence-corrected chi connectivity index (χ1v) is 9.56. The average molecular weight is 404 g/mol. The lowest BCUT2D eigenvalue weighted by atomic mass is 9.85. The quantitative estimate of drug-likeness (QED) is 0.312. The number of amides is 1. The van der Waals surface area contributed by atoms with Gasteiger partial charge in [0.2, 0.25) is 5.91 Å². The number of carbonyl (C=O) groups is 2. The molecule has 1 heterocycles. The SMILES string of the molecule is C=C(/C=C\C(=C/C)C(=O)OC)[C@H]1c2ccc(OC)cc2C[C@H](C)N1C(=O)CCl. The number of esters is 1. The number of nitrogens with zero attached hydrogens (tertiary/aromatic N) is 1. The minimum absolute atomic E-state index is 0.0530. The summed E-state index contributed by atoms with van der Waals surface area (Å²) in [6, 6.07) is 5.39. The van der Waals surface area contributed by atoms with Crippen molar-refractivity contribution in [2.75, 3.05) is 20.1 Å². The van der Waals surface area contributed by atoms with Crippen LogP contribution in [0.3, 0.4) is 0 Å². The largest absolute Gasteiger partial charge is 0.497 e. The monoisotopic (exact) mass is 403 g/mol. The van der Waals surface area contributed by atoms with Crippen LogP contribution < -0.4 is 4.74 Å². The number of hydrogen-bond acceptors (Lipinski definition) is 4. The van der Waals surface area contributed by atoms with Crippen LogP contribution in [0.5, 0.6) is 5.75 Å². The van der Waals surface area contributed by atoms with Crippen LogP contribution in [0.1, 0.15) is 31.0 Å². The Morgan fingerprint density at radius 3 is 2.61 bits per heavy atom. The third-order valence-electron chi connectivity index (χ3n) is 4.88. The Morgan fingerprint density at radius 2 is 2.04 bits per heavy atom. The molecular formula is C22H26ClNO4. The van der Waals surface area contributed by atoms with Crippen LogP contribution in [0.25, 0.3) is 0 Å². The van der Waals surface area contributed by atoms with E-state index in [0.717, 1.165) is 16.9 Å². The Hall–Kier alpha value is -2.53. The van der Waals surface area contributed by atoms with Gasteiger partial charge in [0, 0.05) is 6.04 Å². The second-order valence-corrected chi connectivity index (χ2v) is 6.87. The molecule has 1 aliphatic rings. The molecule has 150 valence electrons. The molecule has 1 aromatic carbocycles. The number of methoxy groups -OCH3 is 2. The molecule has 0 aromatic heterocycles. The molecule has 0 saturated carbocycles. The van der Waals surface area contributed by atoms with Crippen molar-refractivity contribution in [3.8, 4) is 5.75 Å². The van der Waals surface area contributed by atoms with Crippen molar-refractivity contribution < 1.29 is 19.1 Å². The number of allylic oxidation sites excluding steroid dienone is 1. The van der Waals surface area contributed by atoms with E-state index in [2.05, 4.69) is 6.58 Å². The van der Waals surface area contributed by atoms with Gasteiger partial charge in [-0.1, -0.05) is 24.8 Å². The van der Waals surface area contributed by atoms with Crippen LogP contribution in [-0.4, -0.2) is 42.9 Å². The Kier molecular flexibility index (Phi) is 7.46. The summed E-state index contributed by atoms with van der Waals surface area (Å²) in [5.74, 6) is 0.0765. The van der Waals surface area contributed by atoms with Crippen molar-refractivity contribution in [1.29, 1.82) is 0 Å². The van der Waals surface area contributed by atoms with Crippen LogP contribution in [0.2, 0.25) is 0 Å². The molecule has 6 heteroatoms. The molecular weight excluding hydrogens is 378 g/mol. The van der Waals surface area contributed by atoms with Crippen molar-refractivity contribution in [1.82, 2.24) is 4.90 Å². The number of ether oxygens (including phenoxy) is 2. The Morgan fingerprint density at radius 1 is 1.32 bits per heavy atom. The van der Waals surface area contributed by atoms with E-state index in [1.807, 2.05) is 25.1 Å². The number of carbonyl (C=O) groups excluding carboxylic acids is 2. The molecule has 2 rings (SSSR count). The second kappa shape index (κ2) is 9.60. The summed E-state index contributed by atoms with van der Waals surface area (Å²) in [5.41, 5.74) is 3.17. The summed E-state index contributed by atoms with van der Waals surface area (Å²) in [4.78, 5) is 26.2. The topological polar surface area (TPSA) is 55.8 Å². The first kappa shape index (κ1) is 21.8. The molecule has 0 radical (unpaired) electrons. The van der Waals surface area contributed by atoms with E-state index in [9.17, 15) is 9.59 Å². The zero-order valence-corrected chi connectivity index (χ0v) is 17.5. The van der Waals surface area contributed by atoms with Crippen LogP contribution in [-0.2, 0) is 20.7 Å². The highest BCUT2D eigenvalue weighted by atomic mass is 35.5. The maximum atomic E-state index is 12.6. The Labute approximate surface area is 171 Å². The summed E-state index contributed by atoms with van der Waals surface area (Å²) in [6.45, 7) is 7.92. The molecule has 1 aliphatic heterocycles. The van der Waals surface area contributed by atoms with E-state index >= 15 is 0 Å². The highest BCUT2D eigenvalue weighted by molar-refractivity contribution is 6.27. The zero-order chi connectivity index (χ0) is 20.8. The summed E-state index contributed by atoms with van der Waals surface area (Å²) in [6.07, 6.45) is 5.77. The maximum Gasteiger partial charge on any atom is 0.337 e. The van der Waals surface area contributed by atoms with Crippen LogP contribution in [0.15, 0.2) is 54.2 Å². The predicted molar refractivity (Wildman–Crippen MR) is 111 cm³/mol. The number of fused-ring (bicyclic) bond motifs is 1. The van der Waals surface area contributed by atoms with Gasteiger partial charge in [0.05, 0.1) is 25.8 Å². The minimum atomic E-state index is -0.428. The van der Waals surface area contributed by atoms with Gasteiger partial charge in [-0.25, -0.2) is 4.79 Å². The number of halogens is 1. The van der Waals surface area contributed by atoms with E-state index < -0.39 is 5.97 Å². The van der Waals surface area contributed by atoms with Crippen molar-refractivity contribution in [2.24, 2.45) is 0 Å². The van der Waals surface area contributed by atoms with Crippen LogP contribution >= 0.6 is 11.6 Å². The van der Waals surface area contributed by atoms with Crippen LogP contribution in [0.4, 0.5) is 0 Å². The lowest BCUT2D eigenvalue weighted by molar-refractivity contribution is -0.136. The van der Waals surface area contributed by atoms with Crippen molar-refractivity contribution >= 4 is 23.5 Å². The molecule has 0 unspecified atom stereocenters. The number of benzene rings is 1. The lowest BCUT2D eigenvalue weighted by Gasteiger charge is -2.42. The number of alkyl halides is 1. The van der Waals surface area contributed by atoms with Gasteiger partial charge in [0.1, 0.15) is 11.6 Å². The maximum absolute atomic E-state index is 12.6. The van der Waals surface area contributed by atoms with Gasteiger partial charge in [-0.05, 0) is 55.2 Å². The molecule has 0 fully saturated rings. The fourth-order valence-corrected chi connectivity index (χ4v) is 3.64. The first-order valence-electron chi connectivity index (χ1n) is 9.03. The van der Waals surface area contributed by atoms with E-state index in [0.29, 0.717) is 17.6 Å². The number of hydrogen-bond donors (Lipinski definition) is 0. The molecule has 0 bridgehead atoms. The first-order chi connectivity index (χ1) is 13.4. The summed E-state index contributed by atoms with van der Waals surface area (Å²) < 4.78 is 10.1. The molecule has 0 spiro atoms. The fraction of sp³-hybridized carbons (Fsp3) is 0.364. The molecule has 0 N–H and O–H groups in total. The van der Waals surface area contributed by atoms with E-state index in [1.54, 1.807) is 37.2 Å². The lowest BCUT2D eigenvalue weighted by Crippen LogP contribution is -2.47. The zero-order valence-electron chi connectivity index (χ0n) is 16.7. The highest BCUT2D eigenvalue weighted by Gasteiger charge is 2.36. The van der Waals surface area contributed by atoms with Gasteiger partial charge in [-0.3, -0.25) is 4.79 Å². The standard InChI is InChI=1S/C22H26ClNO4/c1-6-16(22(26)28-5)8-7-14(2)21-19-10-9-18(27-4)12-17(19)11-15(3)24(21)20(25)13-23/h6-10,12,15,21H,2,11,13H2,1,3-5H3/b8-7-,16-6+/t15-,21-/m0/s1. The summed E-state index contributed by atoms with van der Waals surface area (Å²) in [5, 5.41) is 0. The number of rotatable bonds is 6. The third kappa shape index (κ3) is 4.47. The van der Waals surface area contributed by atoms with Gasteiger partial charge < -0.3 is 14.4 Å². The molecule has 1 aromatic rings. The molecule has 2 atom stereocenters. The smallest absolute Gasteiger partial charge is 0.337 e. The van der Waals surface area contributed by atoms with Crippen molar-refractivity contribution in [3.05, 3.63) is 65.3 Å². The van der Waals surface area contributed by atoms with Gasteiger partial charge >= 0.3 is 5.97 Å². The molecule has 5 nitrogen and oxygen atoms in total. The Bertz CT molecular complexity index is 828. The van der Waals surface area contributed by atoms with Crippen molar-refractivity contribution in [2.45, 2.75) is 32.4 Å². The summed E-state index contributed by atoms with van der Waals surface area (Å²) in [7, 11) is 2.96. The van der Waals surface area contributed by atoms with E-state index in [1.165, 1.54) is 7.11 Å².